The van der Waals surface area contributed by atoms with Crippen LogP contribution in [0.5, 0.6) is 0 Å². The fourth-order valence-corrected chi connectivity index (χ4v) is 6.61. The van der Waals surface area contributed by atoms with Crippen LogP contribution in [-0.2, 0) is 4.79 Å². The Balaban J connectivity index is 1.57. The summed E-state index contributed by atoms with van der Waals surface area (Å²) in [6.07, 6.45) is 0.421. The molecule has 2 aliphatic heterocycles. The number of piperazine rings is 1. The lowest BCUT2D eigenvalue weighted by atomic mass is 9.94. The Morgan fingerprint density at radius 1 is 1.16 bits per heavy atom. The van der Waals surface area contributed by atoms with Crippen molar-refractivity contribution in [1.29, 1.82) is 0 Å². The zero-order valence-corrected chi connectivity index (χ0v) is 26.3. The van der Waals surface area contributed by atoms with Gasteiger partial charge in [-0.3, -0.25) is 4.79 Å². The second-order valence-electron chi connectivity index (χ2n) is 12.0. The molecule has 2 aromatic carbocycles. The number of carbonyl (C=O) groups excluding carboxylic acids is 1. The molecule has 0 radical (unpaired) electrons. The van der Waals surface area contributed by atoms with Gasteiger partial charge in [0.2, 0.25) is 11.9 Å². The average Bonchev–Trinajstić information content (AvgIpc) is 3.38. The van der Waals surface area contributed by atoms with Gasteiger partial charge < -0.3 is 29.7 Å². The Morgan fingerprint density at radius 3 is 2.55 bits per heavy atom. The van der Waals surface area contributed by atoms with Crippen molar-refractivity contribution in [3.05, 3.63) is 44.7 Å². The van der Waals surface area contributed by atoms with Crippen molar-refractivity contribution in [3.8, 4) is 11.1 Å². The van der Waals surface area contributed by atoms with Crippen LogP contribution in [0.4, 0.5) is 22.0 Å². The number of carbonyl (C=O) groups is 1. The highest BCUT2D eigenvalue weighted by Crippen LogP contribution is 2.44. The molecule has 2 aliphatic rings. The molecule has 0 unspecified atom stereocenters. The number of likely N-dealkylation sites (N-methyl/N-ethyl adjacent to an activating group) is 1. The Labute approximate surface area is 258 Å². The number of nitro groups is 1. The molecule has 2 saturated heterocycles. The number of nitrogens with zero attached hydrogens (tertiary/aromatic N) is 8. The van der Waals surface area contributed by atoms with Crippen LogP contribution in [0.15, 0.2) is 18.2 Å². The van der Waals surface area contributed by atoms with Crippen LogP contribution in [0.2, 0.25) is 5.02 Å². The molecule has 0 bridgehead atoms. The molecular weight excluding hydrogens is 589 g/mol. The van der Waals surface area contributed by atoms with Gasteiger partial charge in [-0.05, 0) is 57.5 Å². The van der Waals surface area contributed by atoms with Crippen LogP contribution in [-0.4, -0.2) is 99.2 Å². The molecule has 4 heterocycles. The van der Waals surface area contributed by atoms with E-state index in [1.165, 1.54) is 0 Å². The summed E-state index contributed by atoms with van der Waals surface area (Å²) in [6, 6.07) is 5.16. The first-order chi connectivity index (χ1) is 20.9. The molecule has 12 nitrogen and oxygen atoms in total. The van der Waals surface area contributed by atoms with Gasteiger partial charge >= 0.3 is 5.82 Å². The van der Waals surface area contributed by atoms with E-state index in [4.69, 9.17) is 21.6 Å². The molecule has 2 aromatic heterocycles. The second kappa shape index (κ2) is 11.1. The predicted octanol–water partition coefficient (Wildman–Crippen LogP) is 4.77. The van der Waals surface area contributed by atoms with E-state index in [9.17, 15) is 14.9 Å². The van der Waals surface area contributed by atoms with E-state index >= 15 is 4.39 Å². The number of aromatic nitrogens is 4. The number of amides is 1. The lowest BCUT2D eigenvalue weighted by Gasteiger charge is -2.46. The molecule has 44 heavy (non-hydrogen) atoms. The average molecular weight is 624 g/mol. The molecule has 1 amide bonds. The summed E-state index contributed by atoms with van der Waals surface area (Å²) in [5, 5.41) is 19.1. The number of anilines is 2. The van der Waals surface area contributed by atoms with Crippen LogP contribution >= 0.6 is 11.6 Å². The summed E-state index contributed by atoms with van der Waals surface area (Å²) in [6.45, 7) is 10.0. The summed E-state index contributed by atoms with van der Waals surface area (Å²) in [5.74, 6) is 0.000478. The van der Waals surface area contributed by atoms with Gasteiger partial charge in [-0.25, -0.2) is 9.37 Å². The monoisotopic (exact) mass is 623 g/mol. The highest BCUT2D eigenvalue weighted by molar-refractivity contribution is 6.35. The Bertz CT molecular complexity index is 1810. The fraction of sp³-hybridized carbons (Fsp3) is 0.467. The number of hydrogen-bond donors (Lipinski definition) is 1. The molecule has 2 fully saturated rings. The maximum Gasteiger partial charge on any atom is 0.351 e. The zero-order chi connectivity index (χ0) is 31.6. The number of halogens is 2. The number of aryl methyl sites for hydroxylation is 1. The normalized spacial score (nSPS) is 19.3. The number of H-pyrrole nitrogens is 1. The minimum Gasteiger partial charge on any atom is -0.358 e. The Hall–Kier alpha value is -4.10. The number of hydrogen-bond acceptors (Lipinski definition) is 9. The van der Waals surface area contributed by atoms with E-state index in [1.54, 1.807) is 25.1 Å². The number of fused-ring (bicyclic) bond motifs is 2. The zero-order valence-electron chi connectivity index (χ0n) is 25.6. The van der Waals surface area contributed by atoms with E-state index in [1.807, 2.05) is 44.7 Å². The third-order valence-electron chi connectivity index (χ3n) is 8.95. The molecule has 1 N–H and O–H groups in total. The van der Waals surface area contributed by atoms with Gasteiger partial charge in [-0.2, -0.15) is 4.98 Å². The number of aromatic amines is 1. The molecule has 4 aromatic rings. The summed E-state index contributed by atoms with van der Waals surface area (Å²) >= 11 is 6.89. The van der Waals surface area contributed by atoms with E-state index in [-0.39, 0.29) is 45.3 Å². The van der Waals surface area contributed by atoms with Gasteiger partial charge in [0.1, 0.15) is 22.2 Å². The topological polar surface area (TPSA) is 128 Å². The lowest BCUT2D eigenvalue weighted by Crippen LogP contribution is -2.59. The minimum atomic E-state index is -0.686. The molecule has 0 spiro atoms. The molecule has 232 valence electrons. The molecule has 0 saturated carbocycles. The summed E-state index contributed by atoms with van der Waals surface area (Å²) in [5.41, 5.74) is 1.32. The second-order valence-corrected chi connectivity index (χ2v) is 12.5. The van der Waals surface area contributed by atoms with Crippen molar-refractivity contribution in [2.45, 2.75) is 52.2 Å². The van der Waals surface area contributed by atoms with Gasteiger partial charge in [-0.1, -0.05) is 29.7 Å². The summed E-state index contributed by atoms with van der Waals surface area (Å²) < 4.78 is 17.0. The van der Waals surface area contributed by atoms with E-state index in [0.29, 0.717) is 72.4 Å². The van der Waals surface area contributed by atoms with Gasteiger partial charge in [0.25, 0.3) is 0 Å². The quantitative estimate of drug-likeness (QED) is 0.239. The predicted molar refractivity (Wildman–Crippen MR) is 169 cm³/mol. The van der Waals surface area contributed by atoms with Gasteiger partial charge in [0.05, 0.1) is 5.02 Å². The van der Waals surface area contributed by atoms with Crippen molar-refractivity contribution in [3.63, 3.8) is 0 Å². The molecule has 6 rings (SSSR count). The van der Waals surface area contributed by atoms with Crippen molar-refractivity contribution in [1.82, 2.24) is 30.0 Å². The van der Waals surface area contributed by atoms with Crippen molar-refractivity contribution in [2.24, 2.45) is 0 Å². The summed E-state index contributed by atoms with van der Waals surface area (Å²) in [7, 11) is 4.03. The standard InChI is InChI=1S/C30H35ClFN9O3/c1-7-22(42)39-11-17(4)40(12-16(39)3)28-19-10-20(31)24(23-15(2)8-9-21-25(23)29(36-35-21)41(43)44)26(32)27(19)33-30(34-28)38-13-18(14-38)37(5)6/h8-10,16-18H,7,11-14H2,1-6H3,(H,35,36)/t16-,17+/m1/s1. The molecule has 0 aliphatic carbocycles. The molecular formula is C30H35ClFN9O3. The first-order valence-electron chi connectivity index (χ1n) is 14.7. The maximum absolute atomic E-state index is 17.0. The van der Waals surface area contributed by atoms with Crippen molar-refractivity contribution in [2.75, 3.05) is 50.1 Å². The maximum atomic E-state index is 17.0. The fourth-order valence-electron chi connectivity index (χ4n) is 6.33. The molecule has 14 heteroatoms. The molecule has 2 atom stereocenters. The first kappa shape index (κ1) is 29.9. The third-order valence-corrected chi connectivity index (χ3v) is 9.25. The number of nitrogens with one attached hydrogen (secondary N) is 1. The highest BCUT2D eigenvalue weighted by atomic mass is 35.5. The van der Waals surface area contributed by atoms with Crippen molar-refractivity contribution < 1.29 is 14.1 Å². The van der Waals surface area contributed by atoms with Gasteiger partial charge in [0, 0.05) is 67.2 Å². The van der Waals surface area contributed by atoms with Crippen LogP contribution < -0.4 is 9.80 Å². The van der Waals surface area contributed by atoms with E-state index in [0.717, 1.165) is 0 Å². The Kier molecular flexibility index (Phi) is 7.57. The van der Waals surface area contributed by atoms with E-state index < -0.39 is 10.7 Å². The van der Waals surface area contributed by atoms with Gasteiger partial charge in [-0.15, -0.1) is 5.10 Å². The highest BCUT2D eigenvalue weighted by Gasteiger charge is 2.36. The summed E-state index contributed by atoms with van der Waals surface area (Å²) in [4.78, 5) is 41.8. The van der Waals surface area contributed by atoms with Crippen LogP contribution in [0.3, 0.4) is 0 Å². The van der Waals surface area contributed by atoms with Crippen LogP contribution in [0.25, 0.3) is 32.9 Å². The SMILES string of the molecule is CCC(=O)N1C[C@H](C)N(c2nc(N3CC(N(C)C)C3)nc3c(F)c(-c4c(C)ccc5n[nH]c([N+](=O)[O-])c45)c(Cl)cc23)C[C@H]1C. The smallest absolute Gasteiger partial charge is 0.351 e. The first-order valence-corrected chi connectivity index (χ1v) is 15.1. The number of benzene rings is 2. The lowest BCUT2D eigenvalue weighted by molar-refractivity contribution is -0.387. The van der Waals surface area contributed by atoms with E-state index in [2.05, 4.69) is 20.0 Å². The van der Waals surface area contributed by atoms with Crippen molar-refractivity contribution >= 4 is 56.9 Å². The van der Waals surface area contributed by atoms with Crippen LogP contribution in [0, 0.1) is 22.9 Å². The third kappa shape index (κ3) is 4.78. The van der Waals surface area contributed by atoms with Crippen LogP contribution in [0.1, 0.15) is 32.8 Å². The minimum absolute atomic E-state index is 0.0249. The Morgan fingerprint density at radius 2 is 1.89 bits per heavy atom. The number of rotatable bonds is 6. The van der Waals surface area contributed by atoms with Gasteiger partial charge in [0.15, 0.2) is 5.82 Å². The largest absolute Gasteiger partial charge is 0.358 e.